The molecule has 35 heavy (non-hydrogen) atoms. The van der Waals surface area contributed by atoms with Gasteiger partial charge in [0.2, 0.25) is 17.7 Å². The topological polar surface area (TPSA) is 85.0 Å². The minimum absolute atomic E-state index is 0.0488. The number of hydrogen-bond acceptors (Lipinski definition) is 5. The zero-order valence-electron chi connectivity index (χ0n) is 20.9. The molecule has 9 heteroatoms. The van der Waals surface area contributed by atoms with E-state index in [4.69, 9.17) is 0 Å². The zero-order chi connectivity index (χ0) is 25.0. The molecule has 8 nitrogen and oxygen atoms in total. The number of piperidine rings is 1. The SMILES string of the molecule is CC[C@H](NC(C)=O)C(=O)N1CCC2(CC1)C[C@H](CCN1CCN(c3ccc(F)cc3)CC1)NC2=O. The van der Waals surface area contributed by atoms with Crippen molar-refractivity contribution >= 4 is 23.4 Å². The van der Waals surface area contributed by atoms with E-state index < -0.39 is 6.04 Å². The van der Waals surface area contributed by atoms with E-state index >= 15 is 0 Å². The normalized spacial score (nSPS) is 23.3. The highest BCUT2D eigenvalue weighted by Gasteiger charge is 2.48. The van der Waals surface area contributed by atoms with E-state index in [1.54, 1.807) is 4.90 Å². The van der Waals surface area contributed by atoms with E-state index in [0.29, 0.717) is 32.4 Å². The Balaban J connectivity index is 1.21. The van der Waals surface area contributed by atoms with Gasteiger partial charge < -0.3 is 20.4 Å². The minimum atomic E-state index is -0.491. The van der Waals surface area contributed by atoms with Gasteiger partial charge in [-0.3, -0.25) is 19.3 Å². The number of piperazine rings is 1. The van der Waals surface area contributed by atoms with Gasteiger partial charge in [-0.15, -0.1) is 0 Å². The molecule has 1 spiro atoms. The zero-order valence-corrected chi connectivity index (χ0v) is 20.9. The first-order chi connectivity index (χ1) is 16.8. The van der Waals surface area contributed by atoms with Crippen LogP contribution in [0.25, 0.3) is 0 Å². The average Bonchev–Trinajstić information content (AvgIpc) is 3.16. The number of hydrogen-bond donors (Lipinski definition) is 2. The molecule has 3 aliphatic rings. The number of amides is 3. The quantitative estimate of drug-likeness (QED) is 0.612. The van der Waals surface area contributed by atoms with Crippen molar-refractivity contribution in [1.29, 1.82) is 0 Å². The van der Waals surface area contributed by atoms with Crippen LogP contribution in [0.3, 0.4) is 0 Å². The van der Waals surface area contributed by atoms with Gasteiger partial charge in [0.05, 0.1) is 5.41 Å². The molecule has 2 atom stereocenters. The summed E-state index contributed by atoms with van der Waals surface area (Å²) in [4.78, 5) is 43.7. The lowest BCUT2D eigenvalue weighted by molar-refractivity contribution is -0.141. The van der Waals surface area contributed by atoms with Crippen molar-refractivity contribution in [1.82, 2.24) is 20.4 Å². The molecule has 3 amide bonds. The highest BCUT2D eigenvalue weighted by Crippen LogP contribution is 2.41. The van der Waals surface area contributed by atoms with Gasteiger partial charge in [0.15, 0.2) is 0 Å². The number of carbonyl (C=O) groups excluding carboxylic acids is 3. The van der Waals surface area contributed by atoms with Gasteiger partial charge in [-0.1, -0.05) is 6.92 Å². The van der Waals surface area contributed by atoms with Crippen LogP contribution in [-0.4, -0.2) is 85.4 Å². The lowest BCUT2D eigenvalue weighted by Crippen LogP contribution is -2.52. The highest BCUT2D eigenvalue weighted by atomic mass is 19.1. The van der Waals surface area contributed by atoms with E-state index in [2.05, 4.69) is 20.4 Å². The molecule has 0 saturated carbocycles. The third kappa shape index (κ3) is 5.94. The Labute approximate surface area is 207 Å². The molecule has 0 unspecified atom stereocenters. The summed E-state index contributed by atoms with van der Waals surface area (Å²) in [5.74, 6) is -0.332. The van der Waals surface area contributed by atoms with Gasteiger partial charge in [0.1, 0.15) is 11.9 Å². The van der Waals surface area contributed by atoms with Crippen molar-refractivity contribution in [3.63, 3.8) is 0 Å². The summed E-state index contributed by atoms with van der Waals surface area (Å²) >= 11 is 0. The Kier molecular flexibility index (Phi) is 7.94. The molecule has 3 fully saturated rings. The Hall–Kier alpha value is -2.68. The molecule has 2 N–H and O–H groups in total. The van der Waals surface area contributed by atoms with Gasteiger partial charge >= 0.3 is 0 Å². The van der Waals surface area contributed by atoms with Crippen molar-refractivity contribution < 1.29 is 18.8 Å². The number of nitrogens with one attached hydrogen (secondary N) is 2. The fourth-order valence-corrected chi connectivity index (χ4v) is 5.74. The summed E-state index contributed by atoms with van der Waals surface area (Å²) in [5, 5.41) is 5.96. The summed E-state index contributed by atoms with van der Waals surface area (Å²) < 4.78 is 13.2. The molecule has 3 heterocycles. The number of benzene rings is 1. The van der Waals surface area contributed by atoms with Gasteiger partial charge in [0, 0.05) is 64.5 Å². The van der Waals surface area contributed by atoms with Crippen molar-refractivity contribution in [2.75, 3.05) is 50.7 Å². The average molecular weight is 488 g/mol. The van der Waals surface area contributed by atoms with E-state index in [9.17, 15) is 18.8 Å². The molecule has 1 aromatic carbocycles. The van der Waals surface area contributed by atoms with Crippen molar-refractivity contribution in [3.8, 4) is 0 Å². The van der Waals surface area contributed by atoms with Crippen LogP contribution in [0.4, 0.5) is 10.1 Å². The summed E-state index contributed by atoms with van der Waals surface area (Å²) in [5.41, 5.74) is 0.682. The number of rotatable bonds is 7. The van der Waals surface area contributed by atoms with E-state index in [1.165, 1.54) is 19.1 Å². The number of carbonyl (C=O) groups is 3. The second kappa shape index (κ2) is 10.9. The Morgan fingerprint density at radius 1 is 1.11 bits per heavy atom. The van der Waals surface area contributed by atoms with E-state index in [0.717, 1.165) is 51.3 Å². The van der Waals surface area contributed by atoms with E-state index in [-0.39, 0.29) is 35.0 Å². The maximum atomic E-state index is 13.2. The summed E-state index contributed by atoms with van der Waals surface area (Å²) in [6.45, 7) is 9.09. The third-order valence-corrected chi connectivity index (χ3v) is 7.93. The van der Waals surface area contributed by atoms with Gasteiger partial charge in [-0.05, 0) is 56.4 Å². The molecule has 3 aliphatic heterocycles. The molecule has 0 aromatic heterocycles. The summed E-state index contributed by atoms with van der Waals surface area (Å²) in [6, 6.07) is 6.36. The maximum Gasteiger partial charge on any atom is 0.245 e. The monoisotopic (exact) mass is 487 g/mol. The van der Waals surface area contributed by atoms with Crippen molar-refractivity contribution in [2.45, 2.75) is 58.0 Å². The van der Waals surface area contributed by atoms with Gasteiger partial charge in [-0.2, -0.15) is 0 Å². The van der Waals surface area contributed by atoms with Crippen LogP contribution in [0.15, 0.2) is 24.3 Å². The maximum absolute atomic E-state index is 13.2. The summed E-state index contributed by atoms with van der Waals surface area (Å²) in [6.07, 6.45) is 3.65. The van der Waals surface area contributed by atoms with Gasteiger partial charge in [-0.25, -0.2) is 4.39 Å². The van der Waals surface area contributed by atoms with Crippen LogP contribution in [0.5, 0.6) is 0 Å². The molecule has 0 aliphatic carbocycles. The first-order valence-electron chi connectivity index (χ1n) is 12.9. The van der Waals surface area contributed by atoms with Crippen LogP contribution in [-0.2, 0) is 14.4 Å². The molecular weight excluding hydrogens is 449 g/mol. The first-order valence-corrected chi connectivity index (χ1v) is 12.9. The van der Waals surface area contributed by atoms with Crippen LogP contribution in [0.1, 0.15) is 46.0 Å². The number of likely N-dealkylation sites (tertiary alicyclic amines) is 1. The number of anilines is 1. The molecule has 0 bridgehead atoms. The predicted molar refractivity (Wildman–Crippen MR) is 132 cm³/mol. The standard InChI is InChI=1S/C26H38FN5O3/c1-3-23(28-19(2)33)24(34)32-12-9-26(10-13-32)18-21(29-25(26)35)8-11-30-14-16-31(17-15-30)22-6-4-20(27)5-7-22/h4-7,21,23H,3,8-18H2,1-2H3,(H,28,33)(H,29,35)/t21-,23-/m0/s1. The van der Waals surface area contributed by atoms with Crippen LogP contribution < -0.4 is 15.5 Å². The molecule has 4 rings (SSSR count). The van der Waals surface area contributed by atoms with Gasteiger partial charge in [0.25, 0.3) is 0 Å². The first kappa shape index (κ1) is 25.4. The molecule has 0 radical (unpaired) electrons. The lowest BCUT2D eigenvalue weighted by atomic mass is 9.75. The lowest BCUT2D eigenvalue weighted by Gasteiger charge is -2.39. The fraction of sp³-hybridized carbons (Fsp3) is 0.654. The minimum Gasteiger partial charge on any atom is -0.369 e. The van der Waals surface area contributed by atoms with Crippen LogP contribution in [0.2, 0.25) is 0 Å². The Morgan fingerprint density at radius 3 is 2.37 bits per heavy atom. The molecular formula is C26H38FN5O3. The summed E-state index contributed by atoms with van der Waals surface area (Å²) in [7, 11) is 0. The second-order valence-corrected chi connectivity index (χ2v) is 10.2. The van der Waals surface area contributed by atoms with Crippen molar-refractivity contribution in [2.24, 2.45) is 5.41 Å². The Morgan fingerprint density at radius 2 is 1.77 bits per heavy atom. The highest BCUT2D eigenvalue weighted by molar-refractivity contribution is 5.88. The van der Waals surface area contributed by atoms with Crippen molar-refractivity contribution in [3.05, 3.63) is 30.1 Å². The molecule has 192 valence electrons. The largest absolute Gasteiger partial charge is 0.369 e. The van der Waals surface area contributed by atoms with Crippen LogP contribution in [0, 0.1) is 11.2 Å². The number of halogens is 1. The smallest absolute Gasteiger partial charge is 0.245 e. The second-order valence-electron chi connectivity index (χ2n) is 10.2. The Bertz CT molecular complexity index is 908. The molecule has 3 saturated heterocycles. The third-order valence-electron chi connectivity index (χ3n) is 7.93. The number of nitrogens with zero attached hydrogens (tertiary/aromatic N) is 3. The predicted octanol–water partition coefficient (Wildman–Crippen LogP) is 1.75. The van der Waals surface area contributed by atoms with E-state index in [1.807, 2.05) is 19.1 Å². The van der Waals surface area contributed by atoms with Crippen LogP contribution >= 0.6 is 0 Å². The fourth-order valence-electron chi connectivity index (χ4n) is 5.74. The molecule has 1 aromatic rings.